The quantitative estimate of drug-likeness (QED) is 0.585. The second-order valence-electron chi connectivity index (χ2n) is 2.16. The number of hydrogen-bond donors (Lipinski definition) is 0. The summed E-state index contributed by atoms with van der Waals surface area (Å²) in [7, 11) is 0. The molecule has 0 aliphatic rings. The van der Waals surface area contributed by atoms with Gasteiger partial charge in [-0.2, -0.15) is 9.49 Å². The van der Waals surface area contributed by atoms with E-state index in [-0.39, 0.29) is 0 Å². The van der Waals surface area contributed by atoms with Crippen LogP contribution in [-0.4, -0.2) is 19.7 Å². The van der Waals surface area contributed by atoms with Crippen molar-refractivity contribution in [2.24, 2.45) is 0 Å². The van der Waals surface area contributed by atoms with Crippen molar-refractivity contribution in [3.05, 3.63) is 36.8 Å². The minimum atomic E-state index is -0.525. The lowest BCUT2D eigenvalue weighted by Gasteiger charge is -1.96. The van der Waals surface area contributed by atoms with E-state index in [1.54, 1.807) is 12.1 Å². The molecule has 2 heterocycles. The smallest absolute Gasteiger partial charge is 0.214 e. The number of halogens is 1. The fraction of sp³-hybridized carbons (Fsp3) is 0. The summed E-state index contributed by atoms with van der Waals surface area (Å²) < 4.78 is 14.0. The predicted octanol–water partition coefficient (Wildman–Crippen LogP) is 0.801. The van der Waals surface area contributed by atoms with Crippen LogP contribution in [0, 0.1) is 5.95 Å². The van der Waals surface area contributed by atoms with E-state index >= 15 is 0 Å². The van der Waals surface area contributed by atoms with Crippen molar-refractivity contribution >= 4 is 0 Å². The standard InChI is InChI=1S/C7H5FN4/c8-6-2-1-3-7(11-6)12-5-9-4-10-12/h1-5H. The Hall–Kier alpha value is -1.78. The zero-order chi connectivity index (χ0) is 8.39. The van der Waals surface area contributed by atoms with E-state index in [0.717, 1.165) is 0 Å². The zero-order valence-electron chi connectivity index (χ0n) is 6.05. The van der Waals surface area contributed by atoms with E-state index in [1.165, 1.54) is 23.4 Å². The van der Waals surface area contributed by atoms with Crippen LogP contribution in [-0.2, 0) is 0 Å². The molecule has 4 nitrogen and oxygen atoms in total. The highest BCUT2D eigenvalue weighted by atomic mass is 19.1. The molecule has 0 saturated heterocycles. The van der Waals surface area contributed by atoms with Gasteiger partial charge in [0.2, 0.25) is 5.95 Å². The van der Waals surface area contributed by atoms with E-state index in [4.69, 9.17) is 0 Å². The fourth-order valence-electron chi connectivity index (χ4n) is 0.852. The Labute approximate surface area is 67.7 Å². The van der Waals surface area contributed by atoms with Crippen LogP contribution in [0.25, 0.3) is 5.82 Å². The minimum Gasteiger partial charge on any atom is -0.223 e. The van der Waals surface area contributed by atoms with Crippen molar-refractivity contribution in [3.8, 4) is 5.82 Å². The normalized spacial score (nSPS) is 10.1. The lowest BCUT2D eigenvalue weighted by Crippen LogP contribution is -1.98. The van der Waals surface area contributed by atoms with Gasteiger partial charge in [0.25, 0.3) is 0 Å². The molecule has 0 aliphatic heterocycles. The molecule has 0 unspecified atom stereocenters. The van der Waals surface area contributed by atoms with E-state index in [2.05, 4.69) is 15.1 Å². The Morgan fingerprint density at radius 2 is 2.25 bits per heavy atom. The molecule has 12 heavy (non-hydrogen) atoms. The monoisotopic (exact) mass is 164 g/mol. The molecule has 5 heteroatoms. The molecule has 0 aliphatic carbocycles. The highest BCUT2D eigenvalue weighted by molar-refractivity contribution is 5.18. The van der Waals surface area contributed by atoms with Gasteiger partial charge < -0.3 is 0 Å². The SMILES string of the molecule is Fc1cccc(-n2cncn2)n1. The third kappa shape index (κ3) is 1.16. The van der Waals surface area contributed by atoms with E-state index in [1.807, 2.05) is 0 Å². The summed E-state index contributed by atoms with van der Waals surface area (Å²) in [5, 5.41) is 3.80. The first kappa shape index (κ1) is 6.90. The molecule has 2 aromatic heterocycles. The number of aromatic nitrogens is 4. The maximum Gasteiger partial charge on any atom is 0.214 e. The summed E-state index contributed by atoms with van der Waals surface area (Å²) in [5.74, 6) is -0.101. The van der Waals surface area contributed by atoms with Crippen molar-refractivity contribution < 1.29 is 4.39 Å². The maximum absolute atomic E-state index is 12.6. The van der Waals surface area contributed by atoms with Gasteiger partial charge >= 0.3 is 0 Å². The molecule has 0 saturated carbocycles. The number of pyridine rings is 1. The third-order valence-electron chi connectivity index (χ3n) is 1.35. The molecule has 0 spiro atoms. The molecule has 0 atom stereocenters. The number of rotatable bonds is 1. The first-order valence-electron chi connectivity index (χ1n) is 3.34. The zero-order valence-corrected chi connectivity index (χ0v) is 6.05. The second-order valence-corrected chi connectivity index (χ2v) is 2.16. The molecule has 60 valence electrons. The minimum absolute atomic E-state index is 0.424. The highest BCUT2D eigenvalue weighted by Gasteiger charge is 1.98. The molecular formula is C7H5FN4. The Balaban J connectivity index is 2.48. The van der Waals surface area contributed by atoms with Crippen molar-refractivity contribution in [1.82, 2.24) is 19.7 Å². The topological polar surface area (TPSA) is 43.6 Å². The number of hydrogen-bond acceptors (Lipinski definition) is 3. The van der Waals surface area contributed by atoms with Crippen LogP contribution in [0.2, 0.25) is 0 Å². The van der Waals surface area contributed by atoms with Crippen LogP contribution < -0.4 is 0 Å². The molecule has 0 bridgehead atoms. The Kier molecular flexibility index (Phi) is 1.55. The largest absolute Gasteiger partial charge is 0.223 e. The average Bonchev–Trinajstić information content (AvgIpc) is 2.56. The van der Waals surface area contributed by atoms with Crippen LogP contribution in [0.5, 0.6) is 0 Å². The van der Waals surface area contributed by atoms with Gasteiger partial charge in [-0.25, -0.2) is 14.6 Å². The van der Waals surface area contributed by atoms with Crippen LogP contribution in [0.3, 0.4) is 0 Å². The van der Waals surface area contributed by atoms with Crippen LogP contribution >= 0.6 is 0 Å². The van der Waals surface area contributed by atoms with Gasteiger partial charge in [-0.05, 0) is 12.1 Å². The molecular weight excluding hydrogens is 159 g/mol. The van der Waals surface area contributed by atoms with Gasteiger partial charge in [-0.1, -0.05) is 6.07 Å². The van der Waals surface area contributed by atoms with Gasteiger partial charge in [0.15, 0.2) is 5.82 Å². The molecule has 2 rings (SSSR count). The first-order valence-corrected chi connectivity index (χ1v) is 3.34. The van der Waals surface area contributed by atoms with Crippen molar-refractivity contribution in [1.29, 1.82) is 0 Å². The summed E-state index contributed by atoms with van der Waals surface area (Å²) in [6.07, 6.45) is 2.83. The molecule has 0 N–H and O–H groups in total. The van der Waals surface area contributed by atoms with Gasteiger partial charge in [-0.15, -0.1) is 0 Å². The molecule has 0 radical (unpaired) electrons. The van der Waals surface area contributed by atoms with Gasteiger partial charge in [0, 0.05) is 0 Å². The Morgan fingerprint density at radius 3 is 2.92 bits per heavy atom. The molecule has 0 amide bonds. The van der Waals surface area contributed by atoms with Crippen LogP contribution in [0.1, 0.15) is 0 Å². The van der Waals surface area contributed by atoms with Crippen molar-refractivity contribution in [2.75, 3.05) is 0 Å². The lowest BCUT2D eigenvalue weighted by molar-refractivity contribution is 0.577. The highest BCUT2D eigenvalue weighted by Crippen LogP contribution is 2.01. The van der Waals surface area contributed by atoms with Gasteiger partial charge in [-0.3, -0.25) is 0 Å². The number of nitrogens with zero attached hydrogens (tertiary/aromatic N) is 4. The maximum atomic E-state index is 12.6. The molecule has 2 aromatic rings. The second kappa shape index (κ2) is 2.69. The summed E-state index contributed by atoms with van der Waals surface area (Å²) >= 11 is 0. The first-order chi connectivity index (χ1) is 5.86. The average molecular weight is 164 g/mol. The van der Waals surface area contributed by atoms with E-state index < -0.39 is 5.95 Å². The van der Waals surface area contributed by atoms with Crippen molar-refractivity contribution in [2.45, 2.75) is 0 Å². The summed E-state index contributed by atoms with van der Waals surface area (Å²) in [4.78, 5) is 7.33. The Morgan fingerprint density at radius 1 is 1.33 bits per heavy atom. The predicted molar refractivity (Wildman–Crippen MR) is 39.1 cm³/mol. The van der Waals surface area contributed by atoms with Crippen LogP contribution in [0.4, 0.5) is 4.39 Å². The van der Waals surface area contributed by atoms with Crippen molar-refractivity contribution in [3.63, 3.8) is 0 Å². The summed E-state index contributed by atoms with van der Waals surface area (Å²) in [6.45, 7) is 0. The summed E-state index contributed by atoms with van der Waals surface area (Å²) in [5.41, 5.74) is 0. The lowest BCUT2D eigenvalue weighted by atomic mass is 10.4. The molecule has 0 aromatic carbocycles. The third-order valence-corrected chi connectivity index (χ3v) is 1.35. The van der Waals surface area contributed by atoms with E-state index in [0.29, 0.717) is 5.82 Å². The van der Waals surface area contributed by atoms with Crippen LogP contribution in [0.15, 0.2) is 30.9 Å². The van der Waals surface area contributed by atoms with E-state index in [9.17, 15) is 4.39 Å². The fourth-order valence-corrected chi connectivity index (χ4v) is 0.852. The van der Waals surface area contributed by atoms with Gasteiger partial charge in [0.05, 0.1) is 0 Å². The Bertz CT molecular complexity index is 371. The summed E-state index contributed by atoms with van der Waals surface area (Å²) in [6, 6.07) is 4.50. The molecule has 0 fully saturated rings. The van der Waals surface area contributed by atoms with Gasteiger partial charge in [0.1, 0.15) is 12.7 Å².